The number of carbonyl (C=O) groups is 3. The first-order valence-electron chi connectivity index (χ1n) is 7.70. The Morgan fingerprint density at radius 1 is 1.24 bits per heavy atom. The molecular formula is C18H15BrO6. The molecule has 0 saturated heterocycles. The van der Waals surface area contributed by atoms with Crippen molar-refractivity contribution in [1.82, 2.24) is 0 Å². The number of ether oxygens (including phenoxy) is 3. The molecule has 2 aliphatic rings. The van der Waals surface area contributed by atoms with Crippen LogP contribution >= 0.6 is 15.9 Å². The molecule has 1 atom stereocenters. The van der Waals surface area contributed by atoms with E-state index in [2.05, 4.69) is 15.9 Å². The quantitative estimate of drug-likeness (QED) is 0.436. The van der Waals surface area contributed by atoms with Gasteiger partial charge in [-0.25, -0.2) is 0 Å². The molecule has 0 aromatic heterocycles. The SMILES string of the molecule is CC1=CC(=O)C(C(=O)/C=C/c2cc(Br)c3c(c2)OCCCO3)C(=O)O1. The largest absolute Gasteiger partial charge is 0.489 e. The van der Waals surface area contributed by atoms with E-state index in [1.54, 1.807) is 12.1 Å². The molecule has 0 spiro atoms. The fourth-order valence-electron chi connectivity index (χ4n) is 2.52. The Morgan fingerprint density at radius 3 is 2.76 bits per heavy atom. The van der Waals surface area contributed by atoms with E-state index in [1.807, 2.05) is 0 Å². The van der Waals surface area contributed by atoms with Gasteiger partial charge in [-0.2, -0.15) is 0 Å². The molecule has 2 heterocycles. The van der Waals surface area contributed by atoms with Crippen molar-refractivity contribution < 1.29 is 28.6 Å². The molecule has 7 heteroatoms. The maximum absolute atomic E-state index is 12.2. The Kier molecular flexibility index (Phi) is 5.03. The van der Waals surface area contributed by atoms with Crippen LogP contribution in [0.4, 0.5) is 0 Å². The van der Waals surface area contributed by atoms with Gasteiger partial charge in [-0.1, -0.05) is 6.08 Å². The van der Waals surface area contributed by atoms with E-state index in [9.17, 15) is 14.4 Å². The van der Waals surface area contributed by atoms with Gasteiger partial charge in [0.25, 0.3) is 0 Å². The topological polar surface area (TPSA) is 78.9 Å². The molecule has 1 unspecified atom stereocenters. The van der Waals surface area contributed by atoms with Crippen LogP contribution in [0.25, 0.3) is 6.08 Å². The fourth-order valence-corrected chi connectivity index (χ4v) is 3.10. The van der Waals surface area contributed by atoms with Crippen LogP contribution in [-0.4, -0.2) is 30.7 Å². The molecule has 1 aromatic carbocycles. The normalized spacial score (nSPS) is 20.1. The number of rotatable bonds is 3. The molecule has 0 N–H and O–H groups in total. The highest BCUT2D eigenvalue weighted by Gasteiger charge is 2.36. The molecule has 130 valence electrons. The van der Waals surface area contributed by atoms with Gasteiger partial charge >= 0.3 is 5.97 Å². The molecular weight excluding hydrogens is 392 g/mol. The molecule has 3 rings (SSSR count). The minimum Gasteiger partial charge on any atom is -0.489 e. The van der Waals surface area contributed by atoms with Gasteiger partial charge in [-0.3, -0.25) is 14.4 Å². The minimum absolute atomic E-state index is 0.190. The second-order valence-corrected chi connectivity index (χ2v) is 6.48. The van der Waals surface area contributed by atoms with Crippen molar-refractivity contribution >= 4 is 39.5 Å². The van der Waals surface area contributed by atoms with Crippen molar-refractivity contribution in [3.05, 3.63) is 40.1 Å². The lowest BCUT2D eigenvalue weighted by atomic mass is 9.96. The average Bonchev–Trinajstić information content (AvgIpc) is 2.77. The first-order chi connectivity index (χ1) is 12.0. The zero-order valence-corrected chi connectivity index (χ0v) is 15.0. The minimum atomic E-state index is -1.44. The van der Waals surface area contributed by atoms with Gasteiger partial charge in [0.05, 0.1) is 17.7 Å². The number of halogens is 1. The van der Waals surface area contributed by atoms with Crippen molar-refractivity contribution in [1.29, 1.82) is 0 Å². The number of hydrogen-bond acceptors (Lipinski definition) is 6. The van der Waals surface area contributed by atoms with Crippen LogP contribution in [0.2, 0.25) is 0 Å². The molecule has 1 aromatic rings. The summed E-state index contributed by atoms with van der Waals surface area (Å²) in [4.78, 5) is 35.9. The van der Waals surface area contributed by atoms with Gasteiger partial charge in [0, 0.05) is 12.5 Å². The number of hydrogen-bond donors (Lipinski definition) is 0. The Morgan fingerprint density at radius 2 is 2.00 bits per heavy atom. The van der Waals surface area contributed by atoms with Crippen molar-refractivity contribution in [2.75, 3.05) is 13.2 Å². The van der Waals surface area contributed by atoms with Crippen LogP contribution < -0.4 is 9.47 Å². The number of fused-ring (bicyclic) bond motifs is 1. The van der Waals surface area contributed by atoms with Gasteiger partial charge in [0.15, 0.2) is 29.0 Å². The highest BCUT2D eigenvalue weighted by atomic mass is 79.9. The molecule has 0 amide bonds. The lowest BCUT2D eigenvalue weighted by Crippen LogP contribution is -2.34. The summed E-state index contributed by atoms with van der Waals surface area (Å²) >= 11 is 3.42. The summed E-state index contributed by atoms with van der Waals surface area (Å²) in [5.74, 6) is -2.10. The predicted octanol–water partition coefficient (Wildman–Crippen LogP) is 2.84. The lowest BCUT2D eigenvalue weighted by Gasteiger charge is -2.15. The molecule has 25 heavy (non-hydrogen) atoms. The molecule has 0 radical (unpaired) electrons. The number of ketones is 2. The molecule has 0 bridgehead atoms. The molecule has 2 aliphatic heterocycles. The maximum atomic E-state index is 12.2. The Balaban J connectivity index is 1.81. The molecule has 0 aliphatic carbocycles. The van der Waals surface area contributed by atoms with E-state index in [0.717, 1.165) is 12.5 Å². The summed E-state index contributed by atoms with van der Waals surface area (Å²) in [7, 11) is 0. The number of cyclic esters (lactones) is 1. The maximum Gasteiger partial charge on any atom is 0.329 e. The standard InChI is InChI=1S/C18H15BrO6/c1-10-7-14(21)16(18(22)25-10)13(20)4-3-11-8-12(19)17-15(9-11)23-5-2-6-24-17/h3-4,7-9,16H,2,5-6H2,1H3/b4-3+. The van der Waals surface area contributed by atoms with Crippen LogP contribution in [0.15, 0.2) is 34.5 Å². The Hall–Kier alpha value is -2.41. The van der Waals surface area contributed by atoms with Gasteiger partial charge < -0.3 is 14.2 Å². The first kappa shape index (κ1) is 17.4. The number of carbonyl (C=O) groups excluding carboxylic acids is 3. The van der Waals surface area contributed by atoms with Crippen molar-refractivity contribution in [2.24, 2.45) is 5.92 Å². The summed E-state index contributed by atoms with van der Waals surface area (Å²) in [6, 6.07) is 3.50. The monoisotopic (exact) mass is 406 g/mol. The Labute approximate surface area is 152 Å². The van der Waals surface area contributed by atoms with Crippen molar-refractivity contribution in [3.8, 4) is 11.5 Å². The summed E-state index contributed by atoms with van der Waals surface area (Å²) in [5.41, 5.74) is 0.674. The third-order valence-corrected chi connectivity index (χ3v) is 4.27. The van der Waals surface area contributed by atoms with Crippen LogP contribution in [0, 0.1) is 5.92 Å². The highest BCUT2D eigenvalue weighted by molar-refractivity contribution is 9.10. The highest BCUT2D eigenvalue weighted by Crippen LogP contribution is 2.38. The van der Waals surface area contributed by atoms with E-state index >= 15 is 0 Å². The van der Waals surface area contributed by atoms with Crippen LogP contribution in [-0.2, 0) is 19.1 Å². The van der Waals surface area contributed by atoms with E-state index in [4.69, 9.17) is 14.2 Å². The zero-order chi connectivity index (χ0) is 18.0. The third kappa shape index (κ3) is 3.82. The van der Waals surface area contributed by atoms with E-state index < -0.39 is 23.5 Å². The van der Waals surface area contributed by atoms with Crippen molar-refractivity contribution in [2.45, 2.75) is 13.3 Å². The molecule has 6 nitrogen and oxygen atoms in total. The van der Waals surface area contributed by atoms with Crippen molar-refractivity contribution in [3.63, 3.8) is 0 Å². The summed E-state index contributed by atoms with van der Waals surface area (Å²) in [5, 5.41) is 0. The number of allylic oxidation sites excluding steroid dienone is 3. The lowest BCUT2D eigenvalue weighted by molar-refractivity contribution is -0.151. The van der Waals surface area contributed by atoms with E-state index in [-0.39, 0.29) is 5.76 Å². The zero-order valence-electron chi connectivity index (χ0n) is 13.4. The fraction of sp³-hybridized carbons (Fsp3) is 0.278. The summed E-state index contributed by atoms with van der Waals surface area (Å²) in [6.45, 7) is 2.60. The van der Waals surface area contributed by atoms with E-state index in [1.165, 1.54) is 19.1 Å². The number of esters is 1. The average molecular weight is 407 g/mol. The van der Waals surface area contributed by atoms with Gasteiger partial charge in [0.1, 0.15) is 5.76 Å². The van der Waals surface area contributed by atoms with Gasteiger partial charge in [0.2, 0.25) is 0 Å². The molecule has 0 fully saturated rings. The molecule has 0 saturated carbocycles. The van der Waals surface area contributed by atoms with E-state index in [0.29, 0.717) is 34.7 Å². The third-order valence-electron chi connectivity index (χ3n) is 3.68. The van der Waals surface area contributed by atoms with Gasteiger partial charge in [-0.05, 0) is 46.6 Å². The second kappa shape index (κ2) is 7.23. The smallest absolute Gasteiger partial charge is 0.329 e. The van der Waals surface area contributed by atoms with Crippen LogP contribution in [0.5, 0.6) is 11.5 Å². The summed E-state index contributed by atoms with van der Waals surface area (Å²) < 4.78 is 16.8. The summed E-state index contributed by atoms with van der Waals surface area (Å²) in [6.07, 6.45) is 4.66. The van der Waals surface area contributed by atoms with Crippen LogP contribution in [0.3, 0.4) is 0 Å². The predicted molar refractivity (Wildman–Crippen MR) is 92.1 cm³/mol. The van der Waals surface area contributed by atoms with Crippen LogP contribution in [0.1, 0.15) is 18.9 Å². The first-order valence-corrected chi connectivity index (χ1v) is 8.50. The van der Waals surface area contributed by atoms with Gasteiger partial charge in [-0.15, -0.1) is 0 Å². The number of benzene rings is 1. The Bertz CT molecular complexity index is 808. The second-order valence-electron chi connectivity index (χ2n) is 5.63.